The van der Waals surface area contributed by atoms with E-state index < -0.39 is 82.9 Å². The zero-order valence-corrected chi connectivity index (χ0v) is 46.3. The van der Waals surface area contributed by atoms with Gasteiger partial charge in [-0.15, -0.1) is 0 Å². The first kappa shape index (κ1) is 67.4. The maximum Gasteiger partial charge on any atom is 1.00 e. The molecule has 4 amide bonds. The van der Waals surface area contributed by atoms with Gasteiger partial charge in [0.2, 0.25) is 11.8 Å². The van der Waals surface area contributed by atoms with E-state index in [1.807, 2.05) is 102 Å². The molecule has 19 nitrogen and oxygen atoms in total. The van der Waals surface area contributed by atoms with E-state index in [2.05, 4.69) is 0 Å². The number of rotatable bonds is 2. The Bertz CT molecular complexity index is 2590. The van der Waals surface area contributed by atoms with Gasteiger partial charge in [-0.2, -0.15) is 0 Å². The van der Waals surface area contributed by atoms with E-state index in [1.165, 1.54) is 16.9 Å². The fraction of sp³-hybridized carbons (Fsp3) is 0.593. The minimum Gasteiger partial charge on any atom is -0.870 e. The first-order chi connectivity index (χ1) is 35.4. The Morgan fingerprint density at radius 1 is 0.620 bits per heavy atom. The number of hydrogen-bond donors (Lipinski definition) is 1. The zero-order valence-electron chi connectivity index (χ0n) is 46.3. The van der Waals surface area contributed by atoms with Crippen molar-refractivity contribution in [2.45, 2.75) is 146 Å². The fourth-order valence-corrected chi connectivity index (χ4v) is 10.6. The van der Waals surface area contributed by atoms with Gasteiger partial charge < -0.3 is 44.1 Å². The second-order valence-electron chi connectivity index (χ2n) is 22.9. The maximum atomic E-state index is 13.9. The molecule has 8 bridgehead atoms. The van der Waals surface area contributed by atoms with Gasteiger partial charge in [0.05, 0.1) is 59.7 Å². The summed E-state index contributed by atoms with van der Waals surface area (Å²) in [5.41, 5.74) is 5.00. The third kappa shape index (κ3) is 16.2. The number of Topliss-reactive ketones (excluding diaryl/α,β-unsaturated/α-hetero) is 2. The molecule has 20 heteroatoms. The fourth-order valence-electron chi connectivity index (χ4n) is 10.6. The smallest absolute Gasteiger partial charge is 0.870 e. The van der Waals surface area contributed by atoms with Crippen molar-refractivity contribution in [3.8, 4) is 0 Å². The molecule has 430 valence electrons. The first-order valence-electron chi connectivity index (χ1n) is 26.0. The van der Waals surface area contributed by atoms with Crippen LogP contribution in [0.5, 0.6) is 0 Å². The molecule has 0 aliphatic carbocycles. The number of fused-ring (bicyclic) bond motifs is 6. The number of carboxylic acid groups (broad SMARTS) is 1. The molecular formula is C59H83LiN4O15. The van der Waals surface area contributed by atoms with Crippen molar-refractivity contribution in [1.29, 1.82) is 0 Å². The van der Waals surface area contributed by atoms with Crippen LogP contribution in [-0.4, -0.2) is 149 Å². The maximum absolute atomic E-state index is 13.9. The van der Waals surface area contributed by atoms with E-state index in [9.17, 15) is 43.5 Å². The Morgan fingerprint density at radius 3 is 1.39 bits per heavy atom. The SMILES string of the molecule is C.C.COC(=O)[C@@H]1C[C@@H]2CN1C(=O)[C@H](C(C)(C)C)CC(=O)[C@@H](C)COC/C=C/c1cccc3c1CN(C3)C(=O)O2.C[C@H]1COC/C=C/c2cccc3c2CN(C3)C(=O)O[C@@H]2C[C@@H](C(=O)O)N(C2)C(=O)[C@H](C(C)(C)C)CC1=O.[Li+].[OH-]. The standard InChI is InChI=1S/C29H38N2O7.C28H36N2O7.2CH4.Li.H2O/c1-18-17-37-11-7-10-19-8-6-9-20-14-30(16-22(19)20)28(35)38-21-12-24(27(34)36-5)31(15-21)26(33)23(13-25(18)32)29(2,3)4;1-17-16-36-10-6-9-18-7-5-8-19-13-29(15-21(18)19)27(35)37-20-11-23(26(33)34)30(14-20)25(32)22(12-24(17)31)28(2,3)4;;;;/h6-10,18,21,23-24H,11-17H2,1-5H3;5-9,17,20,22-23H,10-16H2,1-4H3,(H,33,34);2*1H4;;1H2/q;;;;+1;/p-1/b10-7+;9-6+;;;;/t18-,21+,23+,24-;17-,20+,22+,23-;;;;/m00..../s1. The van der Waals surface area contributed by atoms with Crippen LogP contribution in [0.15, 0.2) is 48.6 Å². The molecule has 0 saturated carbocycles. The van der Waals surface area contributed by atoms with Crippen molar-refractivity contribution in [2.75, 3.05) is 46.6 Å². The summed E-state index contributed by atoms with van der Waals surface area (Å²) in [4.78, 5) is 111. The van der Waals surface area contributed by atoms with Crippen LogP contribution in [0.2, 0.25) is 0 Å². The molecule has 2 saturated heterocycles. The van der Waals surface area contributed by atoms with Crippen LogP contribution < -0.4 is 18.9 Å². The second-order valence-corrected chi connectivity index (χ2v) is 22.9. The van der Waals surface area contributed by atoms with Gasteiger partial charge in [-0.3, -0.25) is 29.0 Å². The summed E-state index contributed by atoms with van der Waals surface area (Å²) >= 11 is 0. The Morgan fingerprint density at radius 2 is 1.01 bits per heavy atom. The molecule has 6 aliphatic heterocycles. The van der Waals surface area contributed by atoms with E-state index >= 15 is 0 Å². The predicted octanol–water partition coefficient (Wildman–Crippen LogP) is 5.18. The predicted molar refractivity (Wildman–Crippen MR) is 290 cm³/mol. The third-order valence-corrected chi connectivity index (χ3v) is 15.3. The Hall–Kier alpha value is -5.84. The molecule has 2 N–H and O–H groups in total. The molecule has 0 unspecified atom stereocenters. The van der Waals surface area contributed by atoms with Crippen molar-refractivity contribution < 1.29 is 91.5 Å². The van der Waals surface area contributed by atoms with E-state index in [0.29, 0.717) is 39.4 Å². The number of ether oxygens (including phenoxy) is 5. The summed E-state index contributed by atoms with van der Waals surface area (Å²) in [6.45, 7) is 17.7. The van der Waals surface area contributed by atoms with Crippen LogP contribution in [0.25, 0.3) is 12.2 Å². The summed E-state index contributed by atoms with van der Waals surface area (Å²) in [5.74, 6) is -4.79. The second kappa shape index (κ2) is 28.5. The van der Waals surface area contributed by atoms with E-state index in [0.717, 1.165) is 33.4 Å². The van der Waals surface area contributed by atoms with Crippen molar-refractivity contribution >= 4 is 59.7 Å². The number of aliphatic carboxylic acids is 1. The quantitative estimate of drug-likeness (QED) is 0.231. The molecule has 0 spiro atoms. The van der Waals surface area contributed by atoms with Gasteiger partial charge in [-0.1, -0.05) is 131 Å². The number of hydrogen-bond acceptors (Lipinski definition) is 14. The summed E-state index contributed by atoms with van der Waals surface area (Å²) in [6.07, 6.45) is 5.46. The first-order valence-corrected chi connectivity index (χ1v) is 26.0. The van der Waals surface area contributed by atoms with Gasteiger partial charge in [0.15, 0.2) is 0 Å². The van der Waals surface area contributed by atoms with Crippen LogP contribution in [0.3, 0.4) is 0 Å². The molecule has 2 aromatic carbocycles. The average molecular weight is 1100 g/mol. The normalized spacial score (nSPS) is 26.7. The minimum absolute atomic E-state index is 0. The van der Waals surface area contributed by atoms with Crippen molar-refractivity contribution in [2.24, 2.45) is 34.5 Å². The van der Waals surface area contributed by atoms with Gasteiger partial charge >= 0.3 is 43.0 Å². The van der Waals surface area contributed by atoms with Crippen LogP contribution in [0.1, 0.15) is 129 Å². The monoisotopic (exact) mass is 1090 g/mol. The minimum atomic E-state index is -1.15. The molecule has 0 radical (unpaired) electrons. The van der Waals surface area contributed by atoms with Gasteiger partial charge in [0.25, 0.3) is 0 Å². The number of carboxylic acids is 1. The van der Waals surface area contributed by atoms with E-state index in [1.54, 1.807) is 23.6 Å². The number of carbonyl (C=O) groups is 8. The van der Waals surface area contributed by atoms with E-state index in [-0.39, 0.29) is 115 Å². The van der Waals surface area contributed by atoms with E-state index in [4.69, 9.17) is 23.7 Å². The third-order valence-electron chi connectivity index (χ3n) is 15.3. The molecule has 8 rings (SSSR count). The van der Waals surface area contributed by atoms with Crippen molar-refractivity contribution in [3.63, 3.8) is 0 Å². The van der Waals surface area contributed by atoms with Gasteiger partial charge in [0.1, 0.15) is 35.9 Å². The van der Waals surface area contributed by atoms with Crippen LogP contribution in [0.4, 0.5) is 9.59 Å². The Labute approximate surface area is 478 Å². The summed E-state index contributed by atoms with van der Waals surface area (Å²) < 4.78 is 28.0. The van der Waals surface area contributed by atoms with Crippen molar-refractivity contribution in [3.05, 3.63) is 81.9 Å². The number of esters is 1. The Kier molecular flexibility index (Phi) is 24.4. The van der Waals surface area contributed by atoms with Gasteiger partial charge in [-0.25, -0.2) is 19.2 Å². The number of ketones is 2. The summed E-state index contributed by atoms with van der Waals surface area (Å²) in [5, 5.41) is 9.87. The zero-order chi connectivity index (χ0) is 54.5. The van der Waals surface area contributed by atoms with Crippen LogP contribution >= 0.6 is 0 Å². The number of carbonyl (C=O) groups excluding carboxylic acids is 7. The van der Waals surface area contributed by atoms with Crippen molar-refractivity contribution in [1.82, 2.24) is 19.6 Å². The summed E-state index contributed by atoms with van der Waals surface area (Å²) in [7, 11) is 1.27. The molecular weight excluding hydrogens is 1010 g/mol. The van der Waals surface area contributed by atoms with Gasteiger partial charge in [0, 0.05) is 62.4 Å². The molecule has 8 atom stereocenters. The number of benzene rings is 2. The molecule has 79 heavy (non-hydrogen) atoms. The topological polar surface area (TPSA) is 246 Å². The molecule has 2 fully saturated rings. The molecule has 6 aliphatic rings. The number of amides is 4. The molecule has 2 aromatic rings. The summed E-state index contributed by atoms with van der Waals surface area (Å²) in [6, 6.07) is 9.81. The van der Waals surface area contributed by atoms with Gasteiger partial charge in [-0.05, 0) is 44.2 Å². The average Bonchev–Trinajstić information content (AvgIpc) is 4.20. The number of nitrogens with zero attached hydrogens (tertiary/aromatic N) is 4. The molecule has 6 heterocycles. The largest absolute Gasteiger partial charge is 1.00 e. The Balaban J connectivity index is 0.000000395. The molecule has 0 aromatic heterocycles. The van der Waals surface area contributed by atoms with Crippen LogP contribution in [-0.2, 0) is 78.6 Å². The number of methoxy groups -OCH3 is 1. The van der Waals surface area contributed by atoms with Crippen LogP contribution in [0, 0.1) is 34.5 Å².